The summed E-state index contributed by atoms with van der Waals surface area (Å²) in [5, 5.41) is 0. The molecule has 0 unspecified atom stereocenters. The molecule has 0 saturated heterocycles. The van der Waals surface area contributed by atoms with Gasteiger partial charge in [0, 0.05) is 6.04 Å². The van der Waals surface area contributed by atoms with E-state index in [0.717, 1.165) is 0 Å². The smallest absolute Gasteiger partial charge is 0.211 e. The van der Waals surface area contributed by atoms with Crippen molar-refractivity contribution in [3.63, 3.8) is 0 Å². The second-order valence-corrected chi connectivity index (χ2v) is 8.11. The van der Waals surface area contributed by atoms with E-state index in [2.05, 4.69) is 0 Å². The molecule has 0 radical (unpaired) electrons. The van der Waals surface area contributed by atoms with Gasteiger partial charge >= 0.3 is 0 Å². The Labute approximate surface area is 98.9 Å². The van der Waals surface area contributed by atoms with Crippen LogP contribution in [0.3, 0.4) is 0 Å². The van der Waals surface area contributed by atoms with Crippen molar-refractivity contribution >= 4 is 20.0 Å². The van der Waals surface area contributed by atoms with Gasteiger partial charge in [0.2, 0.25) is 20.0 Å². The first-order valence-corrected chi connectivity index (χ1v) is 8.65. The fourth-order valence-electron chi connectivity index (χ4n) is 1.51. The highest BCUT2D eigenvalue weighted by molar-refractivity contribution is 8.04. The van der Waals surface area contributed by atoms with Crippen LogP contribution in [0, 0.1) is 0 Å². The molecule has 0 bridgehead atoms. The molecule has 0 aliphatic rings. The maximum absolute atomic E-state index is 11.8. The highest BCUT2D eigenvalue weighted by atomic mass is 32.3. The Morgan fingerprint density at radius 1 is 0.875 bits per heavy atom. The predicted octanol–water partition coefficient (Wildman–Crippen LogP) is 1.18. The average Bonchev–Trinajstić information content (AvgIpc) is 1.99. The Kier molecular flexibility index (Phi) is 5.92. The van der Waals surface area contributed by atoms with E-state index in [9.17, 15) is 16.8 Å². The molecule has 0 rings (SSSR count). The van der Waals surface area contributed by atoms with Crippen LogP contribution in [0.15, 0.2) is 0 Å². The maximum atomic E-state index is 11.8. The van der Waals surface area contributed by atoms with Gasteiger partial charge in [0.15, 0.2) is 0 Å². The Bertz CT molecular complexity index is 361. The third kappa shape index (κ3) is 4.03. The third-order valence-electron chi connectivity index (χ3n) is 1.89. The summed E-state index contributed by atoms with van der Waals surface area (Å²) in [5.41, 5.74) is 0. The molecular weight excluding hydrogens is 250 g/mol. The molecule has 0 amide bonds. The lowest BCUT2D eigenvalue weighted by molar-refractivity contribution is 0.456. The summed E-state index contributed by atoms with van der Waals surface area (Å²) in [4.78, 5) is 0. The van der Waals surface area contributed by atoms with Crippen molar-refractivity contribution in [3.05, 3.63) is 0 Å². The number of hydrogen-bond acceptors (Lipinski definition) is 4. The summed E-state index contributed by atoms with van der Waals surface area (Å²) in [6.07, 6.45) is 0.820. The fourth-order valence-corrected chi connectivity index (χ4v) is 6.02. The molecule has 0 heterocycles. The van der Waals surface area contributed by atoms with Crippen LogP contribution in [0.4, 0.5) is 0 Å². The lowest BCUT2D eigenvalue weighted by Gasteiger charge is -2.24. The van der Waals surface area contributed by atoms with Gasteiger partial charge in [-0.3, -0.25) is 0 Å². The van der Waals surface area contributed by atoms with Crippen molar-refractivity contribution < 1.29 is 16.8 Å². The number of nitrogens with zero attached hydrogens (tertiary/aromatic N) is 1. The van der Waals surface area contributed by atoms with Crippen molar-refractivity contribution in [2.75, 3.05) is 11.5 Å². The van der Waals surface area contributed by atoms with E-state index >= 15 is 0 Å². The van der Waals surface area contributed by atoms with Crippen LogP contribution in [0.2, 0.25) is 0 Å². The van der Waals surface area contributed by atoms with Gasteiger partial charge < -0.3 is 0 Å². The monoisotopic (exact) mass is 271 g/mol. The molecule has 0 aromatic heterocycles. The van der Waals surface area contributed by atoms with E-state index in [1.54, 1.807) is 27.7 Å². The van der Waals surface area contributed by atoms with Crippen molar-refractivity contribution in [3.8, 4) is 0 Å². The van der Waals surface area contributed by atoms with Gasteiger partial charge in [0.1, 0.15) is 0 Å². The van der Waals surface area contributed by atoms with Crippen LogP contribution in [0.25, 0.3) is 0 Å². The molecule has 0 saturated carbocycles. The maximum Gasteiger partial charge on any atom is 0.227 e. The minimum absolute atomic E-state index is 0.131. The molecule has 16 heavy (non-hydrogen) atoms. The second-order valence-electron chi connectivity index (χ2n) is 3.95. The Balaban J connectivity index is 5.35. The Morgan fingerprint density at radius 3 is 1.38 bits per heavy atom. The molecule has 98 valence electrons. The standard InChI is InChI=1S/C9H21NO4S2/c1-5-7-15(11,12)10(9(3)4)16(13,14)8-6-2/h9H,5-8H2,1-4H3. The van der Waals surface area contributed by atoms with E-state index in [-0.39, 0.29) is 11.5 Å². The van der Waals surface area contributed by atoms with Crippen molar-refractivity contribution in [2.45, 2.75) is 46.6 Å². The minimum atomic E-state index is -3.71. The first-order valence-electron chi connectivity index (χ1n) is 5.44. The normalized spacial score (nSPS) is 13.6. The van der Waals surface area contributed by atoms with Crippen molar-refractivity contribution in [2.24, 2.45) is 0 Å². The average molecular weight is 271 g/mol. The van der Waals surface area contributed by atoms with Crippen LogP contribution < -0.4 is 0 Å². The number of rotatable bonds is 7. The molecule has 5 nitrogen and oxygen atoms in total. The molecule has 0 aromatic rings. The van der Waals surface area contributed by atoms with Gasteiger partial charge in [0.25, 0.3) is 0 Å². The van der Waals surface area contributed by atoms with Gasteiger partial charge in [0.05, 0.1) is 11.5 Å². The van der Waals surface area contributed by atoms with Gasteiger partial charge in [-0.2, -0.15) is 0 Å². The highest BCUT2D eigenvalue weighted by Gasteiger charge is 2.34. The molecule has 7 heteroatoms. The lowest BCUT2D eigenvalue weighted by atomic mass is 10.4. The van der Waals surface area contributed by atoms with E-state index < -0.39 is 26.1 Å². The van der Waals surface area contributed by atoms with E-state index in [4.69, 9.17) is 0 Å². The SMILES string of the molecule is CCCS(=O)(=O)N(C(C)C)S(=O)(=O)CCC. The van der Waals surface area contributed by atoms with E-state index in [1.165, 1.54) is 0 Å². The van der Waals surface area contributed by atoms with Crippen molar-refractivity contribution in [1.29, 1.82) is 0 Å². The Hall–Kier alpha value is -0.140. The first kappa shape index (κ1) is 15.9. The predicted molar refractivity (Wildman–Crippen MR) is 65.1 cm³/mol. The molecule has 0 atom stereocenters. The van der Waals surface area contributed by atoms with E-state index in [0.29, 0.717) is 16.6 Å². The Morgan fingerprint density at radius 2 is 1.19 bits per heavy atom. The second kappa shape index (κ2) is 5.97. The topological polar surface area (TPSA) is 71.5 Å². The zero-order valence-electron chi connectivity index (χ0n) is 10.3. The van der Waals surface area contributed by atoms with Gasteiger partial charge in [-0.05, 0) is 26.7 Å². The van der Waals surface area contributed by atoms with Crippen LogP contribution in [0.1, 0.15) is 40.5 Å². The lowest BCUT2D eigenvalue weighted by Crippen LogP contribution is -2.44. The molecule has 0 fully saturated rings. The van der Waals surface area contributed by atoms with Gasteiger partial charge in [-0.25, -0.2) is 16.8 Å². The zero-order valence-corrected chi connectivity index (χ0v) is 11.9. The fraction of sp³-hybridized carbons (Fsp3) is 1.00. The zero-order chi connectivity index (χ0) is 13.0. The molecule has 0 N–H and O–H groups in total. The quantitative estimate of drug-likeness (QED) is 0.697. The van der Waals surface area contributed by atoms with Gasteiger partial charge in [-0.15, -0.1) is 0 Å². The van der Waals surface area contributed by atoms with Crippen LogP contribution >= 0.6 is 0 Å². The summed E-state index contributed by atoms with van der Waals surface area (Å²) >= 11 is 0. The van der Waals surface area contributed by atoms with Crippen LogP contribution in [0.5, 0.6) is 0 Å². The molecular formula is C9H21NO4S2. The summed E-state index contributed by atoms with van der Waals surface area (Å²) in [5.74, 6) is -0.262. The van der Waals surface area contributed by atoms with Crippen LogP contribution in [-0.2, 0) is 20.0 Å². The van der Waals surface area contributed by atoms with Gasteiger partial charge in [-0.1, -0.05) is 17.6 Å². The largest absolute Gasteiger partial charge is 0.227 e. The molecule has 0 aromatic carbocycles. The summed E-state index contributed by atoms with van der Waals surface area (Å²) in [7, 11) is -7.41. The summed E-state index contributed by atoms with van der Waals surface area (Å²) in [6.45, 7) is 6.56. The first-order chi connectivity index (χ1) is 7.19. The molecule has 0 spiro atoms. The van der Waals surface area contributed by atoms with Crippen molar-refractivity contribution in [1.82, 2.24) is 3.71 Å². The highest BCUT2D eigenvalue weighted by Crippen LogP contribution is 2.16. The number of sulfonamides is 2. The molecule has 0 aliphatic carbocycles. The molecule has 0 aliphatic heterocycles. The summed E-state index contributed by atoms with van der Waals surface area (Å²) < 4.78 is 48.0. The summed E-state index contributed by atoms with van der Waals surface area (Å²) in [6, 6.07) is -0.562. The minimum Gasteiger partial charge on any atom is -0.211 e. The van der Waals surface area contributed by atoms with E-state index in [1.807, 2.05) is 0 Å². The van der Waals surface area contributed by atoms with Crippen LogP contribution in [-0.4, -0.2) is 38.1 Å². The third-order valence-corrected chi connectivity index (χ3v) is 7.05. The number of hydrogen-bond donors (Lipinski definition) is 0.